The Kier molecular flexibility index (Phi) is 10.9. The molecule has 0 saturated heterocycles. The molecule has 0 bridgehead atoms. The van der Waals surface area contributed by atoms with E-state index >= 15 is 0 Å². The third-order valence-corrected chi connectivity index (χ3v) is 8.80. The maximum atomic E-state index is 12.7. The van der Waals surface area contributed by atoms with E-state index in [9.17, 15) is 16.8 Å². The number of ether oxygens (including phenoxy) is 1. The summed E-state index contributed by atoms with van der Waals surface area (Å²) in [5, 5.41) is 0. The SMILES string of the molecule is CCCCOc1ccccc1C(CCOS(=O)(=O)c1ccc(C)cc1)CCOS(=O)(=O)c1ccc(C)cc1. The zero-order valence-electron chi connectivity index (χ0n) is 22.1. The lowest BCUT2D eigenvalue weighted by Crippen LogP contribution is -2.14. The van der Waals surface area contributed by atoms with E-state index in [0.29, 0.717) is 25.2 Å². The van der Waals surface area contributed by atoms with Crippen LogP contribution in [-0.2, 0) is 28.6 Å². The summed E-state index contributed by atoms with van der Waals surface area (Å²) in [6.07, 6.45) is 2.54. The minimum absolute atomic E-state index is 0.0745. The van der Waals surface area contributed by atoms with E-state index < -0.39 is 20.2 Å². The van der Waals surface area contributed by atoms with Gasteiger partial charge in [0.1, 0.15) is 5.75 Å². The largest absolute Gasteiger partial charge is 0.493 e. The lowest BCUT2D eigenvalue weighted by Gasteiger charge is -2.21. The molecule has 0 aliphatic carbocycles. The monoisotopic (exact) mass is 560 g/mol. The van der Waals surface area contributed by atoms with Crippen molar-refractivity contribution >= 4 is 20.2 Å². The van der Waals surface area contributed by atoms with Crippen LogP contribution in [0.2, 0.25) is 0 Å². The van der Waals surface area contributed by atoms with E-state index in [4.69, 9.17) is 13.1 Å². The molecule has 38 heavy (non-hydrogen) atoms. The van der Waals surface area contributed by atoms with E-state index in [0.717, 1.165) is 29.5 Å². The second-order valence-electron chi connectivity index (χ2n) is 9.19. The smallest absolute Gasteiger partial charge is 0.296 e. The second kappa shape index (κ2) is 13.9. The van der Waals surface area contributed by atoms with Gasteiger partial charge in [-0.05, 0) is 74.9 Å². The molecule has 0 radical (unpaired) electrons. The van der Waals surface area contributed by atoms with Gasteiger partial charge in [0.25, 0.3) is 20.2 Å². The fraction of sp³-hybridized carbons (Fsp3) is 0.379. The van der Waals surface area contributed by atoms with Gasteiger partial charge in [-0.25, -0.2) is 0 Å². The van der Waals surface area contributed by atoms with Gasteiger partial charge in [0.05, 0.1) is 29.6 Å². The van der Waals surface area contributed by atoms with E-state index in [-0.39, 0.29) is 28.9 Å². The number of hydrogen-bond acceptors (Lipinski definition) is 7. The fourth-order valence-electron chi connectivity index (χ4n) is 3.88. The Balaban J connectivity index is 1.73. The van der Waals surface area contributed by atoms with Crippen LogP contribution in [0.3, 0.4) is 0 Å². The summed E-state index contributed by atoms with van der Waals surface area (Å²) in [5.74, 6) is 0.433. The molecule has 206 valence electrons. The average molecular weight is 561 g/mol. The van der Waals surface area contributed by atoms with Crippen LogP contribution in [0.4, 0.5) is 0 Å². The number of para-hydroxylation sites is 1. The van der Waals surface area contributed by atoms with Crippen LogP contribution in [0.5, 0.6) is 5.75 Å². The van der Waals surface area contributed by atoms with Gasteiger partial charge in [0.2, 0.25) is 0 Å². The Hall–Kier alpha value is -2.72. The summed E-state index contributed by atoms with van der Waals surface area (Å²) < 4.78 is 67.4. The normalized spacial score (nSPS) is 12.1. The quantitative estimate of drug-likeness (QED) is 0.162. The third-order valence-electron chi connectivity index (χ3n) is 6.14. The maximum Gasteiger partial charge on any atom is 0.296 e. The Morgan fingerprint density at radius 2 is 1.13 bits per heavy atom. The van der Waals surface area contributed by atoms with Crippen LogP contribution in [0.1, 0.15) is 55.2 Å². The molecule has 0 aliphatic rings. The molecule has 0 fully saturated rings. The van der Waals surface area contributed by atoms with Crippen LogP contribution in [0, 0.1) is 13.8 Å². The van der Waals surface area contributed by atoms with Gasteiger partial charge in [-0.3, -0.25) is 8.37 Å². The Morgan fingerprint density at radius 1 is 0.658 bits per heavy atom. The van der Waals surface area contributed by atoms with Crippen molar-refractivity contribution in [3.8, 4) is 5.75 Å². The second-order valence-corrected chi connectivity index (χ2v) is 12.4. The Bertz CT molecular complexity index is 1280. The first-order valence-corrected chi connectivity index (χ1v) is 15.6. The number of hydrogen-bond donors (Lipinski definition) is 0. The highest BCUT2D eigenvalue weighted by Gasteiger charge is 2.22. The van der Waals surface area contributed by atoms with E-state index in [1.807, 2.05) is 38.1 Å². The molecule has 9 heteroatoms. The third kappa shape index (κ3) is 8.66. The van der Waals surface area contributed by atoms with Gasteiger partial charge in [-0.15, -0.1) is 0 Å². The molecule has 0 unspecified atom stereocenters. The van der Waals surface area contributed by atoms with Gasteiger partial charge in [0, 0.05) is 0 Å². The summed E-state index contributed by atoms with van der Waals surface area (Å²) in [5.41, 5.74) is 2.75. The molecule has 0 amide bonds. The van der Waals surface area contributed by atoms with Crippen LogP contribution in [-0.4, -0.2) is 36.7 Å². The van der Waals surface area contributed by atoms with Gasteiger partial charge in [-0.2, -0.15) is 16.8 Å². The van der Waals surface area contributed by atoms with Crippen molar-refractivity contribution in [2.24, 2.45) is 0 Å². The van der Waals surface area contributed by atoms with Crippen molar-refractivity contribution in [1.82, 2.24) is 0 Å². The van der Waals surface area contributed by atoms with Crippen LogP contribution >= 0.6 is 0 Å². The van der Waals surface area contributed by atoms with E-state index in [1.165, 1.54) is 24.3 Å². The van der Waals surface area contributed by atoms with Gasteiger partial charge < -0.3 is 4.74 Å². The van der Waals surface area contributed by atoms with E-state index in [2.05, 4.69) is 6.92 Å². The molecule has 0 aliphatic heterocycles. The van der Waals surface area contributed by atoms with Crippen LogP contribution in [0.15, 0.2) is 82.6 Å². The molecule has 3 rings (SSSR count). The van der Waals surface area contributed by atoms with Crippen LogP contribution in [0.25, 0.3) is 0 Å². The van der Waals surface area contributed by atoms with Gasteiger partial charge in [-0.1, -0.05) is 66.9 Å². The molecule has 0 saturated carbocycles. The molecule has 0 heterocycles. The van der Waals surface area contributed by atoms with Crippen molar-refractivity contribution in [3.63, 3.8) is 0 Å². The highest BCUT2D eigenvalue weighted by molar-refractivity contribution is 7.87. The topological polar surface area (TPSA) is 96.0 Å². The molecule has 3 aromatic carbocycles. The van der Waals surface area contributed by atoms with Crippen molar-refractivity contribution in [2.45, 2.75) is 62.2 Å². The molecular weight excluding hydrogens is 524 g/mol. The summed E-state index contributed by atoms with van der Waals surface area (Å²) in [7, 11) is -7.85. The minimum Gasteiger partial charge on any atom is -0.493 e. The zero-order valence-corrected chi connectivity index (χ0v) is 23.8. The van der Waals surface area contributed by atoms with Gasteiger partial charge in [0.15, 0.2) is 0 Å². The van der Waals surface area contributed by atoms with Crippen molar-refractivity contribution in [2.75, 3.05) is 19.8 Å². The van der Waals surface area contributed by atoms with Crippen molar-refractivity contribution in [3.05, 3.63) is 89.5 Å². The summed E-state index contributed by atoms with van der Waals surface area (Å²) >= 11 is 0. The number of benzene rings is 3. The molecule has 0 spiro atoms. The lowest BCUT2D eigenvalue weighted by molar-refractivity contribution is 0.262. The minimum atomic E-state index is -3.92. The fourth-order valence-corrected chi connectivity index (χ4v) is 5.72. The molecule has 0 atom stereocenters. The predicted octanol–water partition coefficient (Wildman–Crippen LogP) is 6.16. The highest BCUT2D eigenvalue weighted by atomic mass is 32.2. The molecule has 7 nitrogen and oxygen atoms in total. The first-order chi connectivity index (χ1) is 18.1. The first-order valence-electron chi connectivity index (χ1n) is 12.8. The summed E-state index contributed by atoms with van der Waals surface area (Å²) in [6.45, 7) is 6.24. The summed E-state index contributed by atoms with van der Waals surface area (Å²) in [6, 6.07) is 20.5. The average Bonchev–Trinajstić information content (AvgIpc) is 2.89. The molecule has 0 aromatic heterocycles. The molecule has 0 N–H and O–H groups in total. The molecular formula is C29H36O7S2. The first kappa shape index (κ1) is 29.8. The number of aryl methyl sites for hydroxylation is 2. The zero-order chi connectivity index (χ0) is 27.6. The standard InChI is InChI=1S/C29H36O7S2/c1-4-5-20-34-29-9-7-6-8-28(29)25(18-21-35-37(30,31)26-14-10-23(2)11-15-26)19-22-36-38(32,33)27-16-12-24(3)13-17-27/h6-17,25H,4-5,18-22H2,1-3H3. The van der Waals surface area contributed by atoms with Crippen LogP contribution < -0.4 is 4.74 Å². The van der Waals surface area contributed by atoms with Crippen molar-refractivity contribution < 1.29 is 29.9 Å². The maximum absolute atomic E-state index is 12.7. The highest BCUT2D eigenvalue weighted by Crippen LogP contribution is 2.33. The number of rotatable bonds is 15. The summed E-state index contributed by atoms with van der Waals surface area (Å²) in [4.78, 5) is 0.186. The van der Waals surface area contributed by atoms with E-state index in [1.54, 1.807) is 24.3 Å². The Morgan fingerprint density at radius 3 is 1.61 bits per heavy atom. The molecule has 3 aromatic rings. The predicted molar refractivity (Wildman–Crippen MR) is 147 cm³/mol. The number of unbranched alkanes of at least 4 members (excludes halogenated alkanes) is 1. The lowest BCUT2D eigenvalue weighted by atomic mass is 9.92. The van der Waals surface area contributed by atoms with Crippen molar-refractivity contribution in [1.29, 1.82) is 0 Å². The van der Waals surface area contributed by atoms with Gasteiger partial charge >= 0.3 is 0 Å². The Labute approximate surface area is 227 Å².